The van der Waals surface area contributed by atoms with E-state index in [0.29, 0.717) is 37.7 Å². The van der Waals surface area contributed by atoms with Crippen LogP contribution in [0.25, 0.3) is 16.8 Å². The van der Waals surface area contributed by atoms with E-state index in [4.69, 9.17) is 14.3 Å². The van der Waals surface area contributed by atoms with Crippen molar-refractivity contribution in [1.29, 1.82) is 0 Å². The van der Waals surface area contributed by atoms with Crippen molar-refractivity contribution in [3.8, 4) is 16.9 Å². The second-order valence-electron chi connectivity index (χ2n) is 7.23. The summed E-state index contributed by atoms with van der Waals surface area (Å²) in [5, 5.41) is 9.18. The lowest BCUT2D eigenvalue weighted by Gasteiger charge is -2.13. The molecule has 7 nitrogen and oxygen atoms in total. The summed E-state index contributed by atoms with van der Waals surface area (Å²) in [5.74, 6) is -0.289. The minimum atomic E-state index is -0.965. The fourth-order valence-corrected chi connectivity index (χ4v) is 3.15. The summed E-state index contributed by atoms with van der Waals surface area (Å²) >= 11 is 0. The van der Waals surface area contributed by atoms with Crippen molar-refractivity contribution in [2.24, 2.45) is 0 Å². The number of aromatic nitrogens is 1. The molecule has 1 atom stereocenters. The van der Waals surface area contributed by atoms with Crippen LogP contribution in [0.3, 0.4) is 0 Å². The predicted molar refractivity (Wildman–Crippen MR) is 126 cm³/mol. The van der Waals surface area contributed by atoms with Crippen molar-refractivity contribution >= 4 is 11.7 Å². The minimum absolute atomic E-state index is 0.307. The lowest BCUT2D eigenvalue weighted by Crippen LogP contribution is -2.26. The fraction of sp³-hybridized carbons (Fsp3) is 0.231. The standard InChI is InChI=1S/C26H28N2O5/c1-3-31-25(26(29)30)17-20-6-12-24(13-7-20)32-15-16-33-28-19(2)21-8-10-22(11-9-21)23-5-4-14-27-18-23/h4-14,18,25,28H,2-3,15-17H2,1H3,(H,29,30). The van der Waals surface area contributed by atoms with Crippen LogP contribution in [-0.2, 0) is 20.8 Å². The molecule has 0 aliphatic rings. The third-order valence-electron chi connectivity index (χ3n) is 4.87. The molecule has 0 amide bonds. The molecule has 1 aromatic heterocycles. The lowest BCUT2D eigenvalue weighted by molar-refractivity contribution is -0.149. The van der Waals surface area contributed by atoms with Gasteiger partial charge in [-0.2, -0.15) is 0 Å². The molecule has 0 fully saturated rings. The molecule has 0 saturated carbocycles. The average molecular weight is 449 g/mol. The molecule has 0 aliphatic heterocycles. The normalized spacial score (nSPS) is 11.5. The zero-order chi connectivity index (χ0) is 23.5. The fourth-order valence-electron chi connectivity index (χ4n) is 3.15. The average Bonchev–Trinajstić information content (AvgIpc) is 2.85. The first-order valence-electron chi connectivity index (χ1n) is 10.7. The molecule has 3 aromatic rings. The van der Waals surface area contributed by atoms with Crippen LogP contribution in [0.2, 0.25) is 0 Å². The van der Waals surface area contributed by atoms with Crippen LogP contribution in [0.1, 0.15) is 18.1 Å². The van der Waals surface area contributed by atoms with E-state index in [1.807, 2.05) is 54.7 Å². The summed E-state index contributed by atoms with van der Waals surface area (Å²) in [6, 6.07) is 19.2. The summed E-state index contributed by atoms with van der Waals surface area (Å²) in [5.41, 5.74) is 7.42. The Balaban J connectivity index is 1.38. The van der Waals surface area contributed by atoms with E-state index in [-0.39, 0.29) is 0 Å². The first kappa shape index (κ1) is 24.0. The Morgan fingerprint density at radius 2 is 1.82 bits per heavy atom. The molecule has 2 N–H and O–H groups in total. The quantitative estimate of drug-likeness (QED) is 0.297. The van der Waals surface area contributed by atoms with E-state index >= 15 is 0 Å². The highest BCUT2D eigenvalue weighted by atomic mass is 16.7. The lowest BCUT2D eigenvalue weighted by atomic mass is 10.0. The van der Waals surface area contributed by atoms with Gasteiger partial charge in [0.1, 0.15) is 19.0 Å². The van der Waals surface area contributed by atoms with E-state index in [2.05, 4.69) is 17.0 Å². The first-order valence-corrected chi connectivity index (χ1v) is 10.7. The van der Waals surface area contributed by atoms with Crippen molar-refractivity contribution in [3.63, 3.8) is 0 Å². The van der Waals surface area contributed by atoms with Crippen molar-refractivity contribution in [3.05, 3.63) is 90.8 Å². The third-order valence-corrected chi connectivity index (χ3v) is 4.87. The second kappa shape index (κ2) is 12.4. The third kappa shape index (κ3) is 7.45. The van der Waals surface area contributed by atoms with Gasteiger partial charge in [0.05, 0.1) is 5.70 Å². The Morgan fingerprint density at radius 1 is 1.06 bits per heavy atom. The van der Waals surface area contributed by atoms with Crippen molar-refractivity contribution in [1.82, 2.24) is 10.5 Å². The van der Waals surface area contributed by atoms with E-state index < -0.39 is 12.1 Å². The van der Waals surface area contributed by atoms with E-state index in [1.54, 1.807) is 25.3 Å². The summed E-state index contributed by atoms with van der Waals surface area (Å²) in [7, 11) is 0. The highest BCUT2D eigenvalue weighted by Crippen LogP contribution is 2.20. The highest BCUT2D eigenvalue weighted by Gasteiger charge is 2.17. The van der Waals surface area contributed by atoms with Crippen molar-refractivity contribution < 1.29 is 24.2 Å². The van der Waals surface area contributed by atoms with Gasteiger partial charge in [0.25, 0.3) is 0 Å². The van der Waals surface area contributed by atoms with Crippen LogP contribution in [-0.4, -0.2) is 42.0 Å². The molecule has 3 rings (SSSR count). The van der Waals surface area contributed by atoms with Gasteiger partial charge in [-0.15, -0.1) is 0 Å². The number of aliphatic carboxylic acids is 1. The first-order chi connectivity index (χ1) is 16.1. The monoisotopic (exact) mass is 448 g/mol. The van der Waals surface area contributed by atoms with Gasteiger partial charge < -0.3 is 14.6 Å². The highest BCUT2D eigenvalue weighted by molar-refractivity contribution is 5.72. The van der Waals surface area contributed by atoms with Gasteiger partial charge in [0.15, 0.2) is 6.10 Å². The molecule has 0 aliphatic carbocycles. The van der Waals surface area contributed by atoms with E-state index in [1.165, 1.54) is 0 Å². The number of rotatable bonds is 13. The van der Waals surface area contributed by atoms with E-state index in [9.17, 15) is 9.90 Å². The Labute approximate surface area is 193 Å². The molecule has 0 spiro atoms. The molecule has 1 heterocycles. The van der Waals surface area contributed by atoms with Gasteiger partial charge >= 0.3 is 5.97 Å². The van der Waals surface area contributed by atoms with Gasteiger partial charge in [-0.3, -0.25) is 15.3 Å². The second-order valence-corrected chi connectivity index (χ2v) is 7.23. The summed E-state index contributed by atoms with van der Waals surface area (Å²) in [4.78, 5) is 20.8. The van der Waals surface area contributed by atoms with Crippen molar-refractivity contribution in [2.75, 3.05) is 19.8 Å². The summed E-state index contributed by atoms with van der Waals surface area (Å²) < 4.78 is 10.9. The van der Waals surface area contributed by atoms with Gasteiger partial charge in [0, 0.05) is 25.4 Å². The Hall–Kier alpha value is -3.68. The SMILES string of the molecule is C=C(NOCCOc1ccc(CC(OCC)C(=O)O)cc1)c1ccc(-c2cccnc2)cc1. The van der Waals surface area contributed by atoms with Gasteiger partial charge in [-0.25, -0.2) is 4.79 Å². The van der Waals surface area contributed by atoms with E-state index in [0.717, 1.165) is 22.3 Å². The molecule has 172 valence electrons. The smallest absolute Gasteiger partial charge is 0.333 e. The number of carbonyl (C=O) groups is 1. The Morgan fingerprint density at radius 3 is 2.45 bits per heavy atom. The molecular weight excluding hydrogens is 420 g/mol. The van der Waals surface area contributed by atoms with Crippen LogP contribution in [0.4, 0.5) is 0 Å². The molecular formula is C26H28N2O5. The molecule has 33 heavy (non-hydrogen) atoms. The number of hydrogen-bond acceptors (Lipinski definition) is 6. The van der Waals surface area contributed by atoms with Crippen LogP contribution in [0.5, 0.6) is 5.75 Å². The van der Waals surface area contributed by atoms with Gasteiger partial charge in [0.2, 0.25) is 0 Å². The van der Waals surface area contributed by atoms with Gasteiger partial charge in [-0.1, -0.05) is 49.0 Å². The Bertz CT molecular complexity index is 1020. The summed E-state index contributed by atoms with van der Waals surface area (Å²) in [6.45, 7) is 6.80. The maximum Gasteiger partial charge on any atom is 0.333 e. The zero-order valence-electron chi connectivity index (χ0n) is 18.6. The molecule has 0 saturated heterocycles. The number of nitrogens with one attached hydrogen (secondary N) is 1. The number of ether oxygens (including phenoxy) is 2. The van der Waals surface area contributed by atoms with Crippen LogP contribution in [0.15, 0.2) is 79.6 Å². The number of hydrogen-bond donors (Lipinski definition) is 2. The molecule has 0 bridgehead atoms. The van der Waals surface area contributed by atoms with Crippen LogP contribution >= 0.6 is 0 Å². The Kier molecular flexibility index (Phi) is 8.99. The largest absolute Gasteiger partial charge is 0.491 e. The maximum atomic E-state index is 11.2. The predicted octanol–water partition coefficient (Wildman–Crippen LogP) is 4.35. The van der Waals surface area contributed by atoms with Gasteiger partial charge in [-0.05, 0) is 47.4 Å². The number of carboxylic acid groups (broad SMARTS) is 1. The van der Waals surface area contributed by atoms with Crippen molar-refractivity contribution in [2.45, 2.75) is 19.4 Å². The number of pyridine rings is 1. The number of hydroxylamine groups is 1. The maximum absolute atomic E-state index is 11.2. The molecule has 2 aromatic carbocycles. The number of nitrogens with zero attached hydrogens (tertiary/aromatic N) is 1. The summed E-state index contributed by atoms with van der Waals surface area (Å²) in [6.07, 6.45) is 3.04. The van der Waals surface area contributed by atoms with Crippen LogP contribution < -0.4 is 10.2 Å². The molecule has 0 radical (unpaired) electrons. The molecule has 7 heteroatoms. The topological polar surface area (TPSA) is 89.9 Å². The number of benzene rings is 2. The van der Waals surface area contributed by atoms with Crippen LogP contribution in [0, 0.1) is 0 Å². The minimum Gasteiger partial charge on any atom is -0.491 e. The molecule has 1 unspecified atom stereocenters. The number of carboxylic acids is 1. The zero-order valence-corrected chi connectivity index (χ0v) is 18.6.